The summed E-state index contributed by atoms with van der Waals surface area (Å²) in [6.45, 7) is 4.67. The van der Waals surface area contributed by atoms with Crippen LogP contribution in [0.3, 0.4) is 0 Å². The maximum Gasteiger partial charge on any atom is 0.194 e. The minimum absolute atomic E-state index is 0. The Morgan fingerprint density at radius 3 is 2.62 bits per heavy atom. The van der Waals surface area contributed by atoms with Crippen molar-refractivity contribution in [1.82, 2.24) is 25.0 Å². The topological polar surface area (TPSA) is 58.3 Å². The number of benzene rings is 1. The second kappa shape index (κ2) is 9.89. The van der Waals surface area contributed by atoms with Gasteiger partial charge in [0.25, 0.3) is 0 Å². The number of hydrogen-bond donors (Lipinski definition) is 1. The Hall–Kier alpha value is -1.64. The molecule has 0 unspecified atom stereocenters. The zero-order valence-electron chi connectivity index (χ0n) is 15.9. The Labute approximate surface area is 173 Å². The molecule has 1 aromatic heterocycles. The lowest BCUT2D eigenvalue weighted by atomic mass is 10.1. The molecule has 0 spiro atoms. The second-order valence-corrected chi connectivity index (χ2v) is 6.57. The van der Waals surface area contributed by atoms with Gasteiger partial charge in [-0.25, -0.2) is 0 Å². The van der Waals surface area contributed by atoms with Crippen molar-refractivity contribution in [3.63, 3.8) is 0 Å². The van der Waals surface area contributed by atoms with Crippen molar-refractivity contribution in [2.75, 3.05) is 14.1 Å². The number of hydrogen-bond acceptors (Lipinski definition) is 3. The first-order chi connectivity index (χ1) is 12.2. The molecule has 0 atom stereocenters. The molecular formula is C19H29IN6. The molecule has 0 saturated heterocycles. The number of aryl methyl sites for hydroxylation is 2. The van der Waals surface area contributed by atoms with Crippen LogP contribution in [0.1, 0.15) is 42.5 Å². The molecular weight excluding hydrogens is 439 g/mol. The predicted molar refractivity (Wildman–Crippen MR) is 116 cm³/mol. The lowest BCUT2D eigenvalue weighted by Gasteiger charge is -2.22. The standard InChI is InChI=1S/C19H28N6.HI/c1-4-15-8-10-16(11-9-15)14-24(3)19(20-2)21-13-18-23-22-17-7-5-6-12-25(17)18;/h8-11H,4-7,12-14H2,1-3H3,(H,20,21);1H. The van der Waals surface area contributed by atoms with Crippen molar-refractivity contribution in [2.45, 2.75) is 52.2 Å². The molecule has 1 N–H and O–H groups in total. The quantitative estimate of drug-likeness (QED) is 0.417. The molecule has 142 valence electrons. The summed E-state index contributed by atoms with van der Waals surface area (Å²) < 4.78 is 2.24. The highest BCUT2D eigenvalue weighted by Crippen LogP contribution is 2.14. The maximum absolute atomic E-state index is 4.40. The van der Waals surface area contributed by atoms with E-state index in [1.807, 2.05) is 7.05 Å². The lowest BCUT2D eigenvalue weighted by Crippen LogP contribution is -2.38. The molecule has 0 radical (unpaired) electrons. The smallest absolute Gasteiger partial charge is 0.194 e. The Kier molecular flexibility index (Phi) is 7.86. The fourth-order valence-electron chi connectivity index (χ4n) is 3.27. The summed E-state index contributed by atoms with van der Waals surface area (Å²) in [5.41, 5.74) is 2.65. The van der Waals surface area contributed by atoms with Gasteiger partial charge in [-0.3, -0.25) is 4.99 Å². The van der Waals surface area contributed by atoms with Crippen LogP contribution >= 0.6 is 24.0 Å². The van der Waals surface area contributed by atoms with Crippen LogP contribution in [0, 0.1) is 0 Å². The number of aromatic nitrogens is 3. The van der Waals surface area contributed by atoms with Crippen molar-refractivity contribution >= 4 is 29.9 Å². The van der Waals surface area contributed by atoms with Crippen molar-refractivity contribution in [3.05, 3.63) is 47.0 Å². The van der Waals surface area contributed by atoms with E-state index in [2.05, 4.69) is 68.2 Å². The highest BCUT2D eigenvalue weighted by Gasteiger charge is 2.16. The molecule has 1 aliphatic rings. The highest BCUT2D eigenvalue weighted by molar-refractivity contribution is 14.0. The molecule has 0 fully saturated rings. The number of guanidine groups is 1. The minimum atomic E-state index is 0. The summed E-state index contributed by atoms with van der Waals surface area (Å²) in [6, 6.07) is 8.78. The average Bonchev–Trinajstić information content (AvgIpc) is 3.06. The summed E-state index contributed by atoms with van der Waals surface area (Å²) in [5, 5.41) is 12.1. The molecule has 0 bridgehead atoms. The normalized spacial score (nSPS) is 13.7. The van der Waals surface area contributed by atoms with Gasteiger partial charge in [-0.05, 0) is 30.4 Å². The molecule has 0 aliphatic carbocycles. The van der Waals surface area contributed by atoms with Crippen LogP contribution in [0.15, 0.2) is 29.3 Å². The van der Waals surface area contributed by atoms with Gasteiger partial charge in [0, 0.05) is 33.6 Å². The Balaban J connectivity index is 0.00000243. The SMILES string of the molecule is CCc1ccc(CN(C)C(=NC)NCc2nnc3n2CCCC3)cc1.I. The maximum atomic E-state index is 4.40. The van der Waals surface area contributed by atoms with Crippen LogP contribution in [-0.4, -0.2) is 39.7 Å². The number of nitrogens with zero attached hydrogens (tertiary/aromatic N) is 5. The molecule has 0 amide bonds. The molecule has 1 aliphatic heterocycles. The molecule has 0 saturated carbocycles. The number of nitrogens with one attached hydrogen (secondary N) is 1. The third-order valence-electron chi connectivity index (χ3n) is 4.77. The largest absolute Gasteiger partial charge is 0.349 e. The van der Waals surface area contributed by atoms with Gasteiger partial charge in [0.15, 0.2) is 11.8 Å². The van der Waals surface area contributed by atoms with E-state index >= 15 is 0 Å². The molecule has 1 aromatic carbocycles. The Morgan fingerprint density at radius 2 is 1.92 bits per heavy atom. The van der Waals surface area contributed by atoms with E-state index < -0.39 is 0 Å². The monoisotopic (exact) mass is 468 g/mol. The van der Waals surface area contributed by atoms with Gasteiger partial charge in [0.2, 0.25) is 0 Å². The van der Waals surface area contributed by atoms with Crippen LogP contribution in [0.4, 0.5) is 0 Å². The number of fused-ring (bicyclic) bond motifs is 1. The van der Waals surface area contributed by atoms with E-state index in [0.717, 1.165) is 43.5 Å². The third kappa shape index (κ3) is 4.96. The Bertz CT molecular complexity index is 722. The van der Waals surface area contributed by atoms with E-state index in [1.165, 1.54) is 24.0 Å². The zero-order chi connectivity index (χ0) is 17.6. The highest BCUT2D eigenvalue weighted by atomic mass is 127. The van der Waals surface area contributed by atoms with Gasteiger partial charge in [-0.1, -0.05) is 31.2 Å². The van der Waals surface area contributed by atoms with Crippen LogP contribution in [0.25, 0.3) is 0 Å². The summed E-state index contributed by atoms with van der Waals surface area (Å²) in [4.78, 5) is 6.54. The molecule has 26 heavy (non-hydrogen) atoms. The average molecular weight is 468 g/mol. The minimum Gasteiger partial charge on any atom is -0.349 e. The van der Waals surface area contributed by atoms with Crippen molar-refractivity contribution in [3.8, 4) is 0 Å². The second-order valence-electron chi connectivity index (χ2n) is 6.57. The van der Waals surface area contributed by atoms with Crippen molar-refractivity contribution in [1.29, 1.82) is 0 Å². The molecule has 7 heteroatoms. The lowest BCUT2D eigenvalue weighted by molar-refractivity contribution is 0.468. The van der Waals surface area contributed by atoms with Crippen LogP contribution in [0.2, 0.25) is 0 Å². The molecule has 3 rings (SSSR count). The van der Waals surface area contributed by atoms with Crippen LogP contribution < -0.4 is 5.32 Å². The molecule has 6 nitrogen and oxygen atoms in total. The first-order valence-electron chi connectivity index (χ1n) is 9.11. The Morgan fingerprint density at radius 1 is 1.19 bits per heavy atom. The zero-order valence-corrected chi connectivity index (χ0v) is 18.2. The van der Waals surface area contributed by atoms with E-state index in [4.69, 9.17) is 0 Å². The van der Waals surface area contributed by atoms with Gasteiger partial charge in [0.1, 0.15) is 5.82 Å². The third-order valence-corrected chi connectivity index (χ3v) is 4.77. The van der Waals surface area contributed by atoms with E-state index in [1.54, 1.807) is 0 Å². The molecule has 2 aromatic rings. The summed E-state index contributed by atoms with van der Waals surface area (Å²) in [6.07, 6.45) is 4.53. The van der Waals surface area contributed by atoms with E-state index in [0.29, 0.717) is 6.54 Å². The fourth-order valence-corrected chi connectivity index (χ4v) is 3.27. The van der Waals surface area contributed by atoms with Gasteiger partial charge in [-0.2, -0.15) is 0 Å². The first-order valence-corrected chi connectivity index (χ1v) is 9.11. The summed E-state index contributed by atoms with van der Waals surface area (Å²) >= 11 is 0. The first kappa shape index (κ1) is 20.7. The fraction of sp³-hybridized carbons (Fsp3) is 0.526. The van der Waals surface area contributed by atoms with E-state index in [9.17, 15) is 0 Å². The van der Waals surface area contributed by atoms with Crippen molar-refractivity contribution < 1.29 is 0 Å². The number of aliphatic imine (C=N–C) groups is 1. The predicted octanol–water partition coefficient (Wildman–Crippen LogP) is 3.00. The van der Waals surface area contributed by atoms with Gasteiger partial charge in [-0.15, -0.1) is 34.2 Å². The van der Waals surface area contributed by atoms with Gasteiger partial charge in [0.05, 0.1) is 6.54 Å². The van der Waals surface area contributed by atoms with Crippen molar-refractivity contribution in [2.24, 2.45) is 4.99 Å². The molecule has 2 heterocycles. The van der Waals surface area contributed by atoms with Crippen LogP contribution in [0.5, 0.6) is 0 Å². The van der Waals surface area contributed by atoms with Crippen LogP contribution in [-0.2, 0) is 32.5 Å². The van der Waals surface area contributed by atoms with E-state index in [-0.39, 0.29) is 24.0 Å². The summed E-state index contributed by atoms with van der Waals surface area (Å²) in [5.74, 6) is 2.98. The van der Waals surface area contributed by atoms with Gasteiger partial charge >= 0.3 is 0 Å². The number of rotatable bonds is 5. The van der Waals surface area contributed by atoms with Gasteiger partial charge < -0.3 is 14.8 Å². The number of halogens is 1. The summed E-state index contributed by atoms with van der Waals surface area (Å²) in [7, 11) is 3.88.